The van der Waals surface area contributed by atoms with Gasteiger partial charge in [0.05, 0.1) is 10.6 Å². The second-order valence-corrected chi connectivity index (χ2v) is 6.62. The van der Waals surface area contributed by atoms with Crippen LogP contribution in [0.4, 0.5) is 5.13 Å². The summed E-state index contributed by atoms with van der Waals surface area (Å²) in [6.07, 6.45) is 0. The fourth-order valence-electron chi connectivity index (χ4n) is 2.24. The Kier molecular flexibility index (Phi) is 3.89. The van der Waals surface area contributed by atoms with Gasteiger partial charge in [-0.15, -0.1) is 21.5 Å². The van der Waals surface area contributed by atoms with Gasteiger partial charge in [-0.05, 0) is 29.6 Å². The number of aromatic nitrogens is 4. The van der Waals surface area contributed by atoms with Crippen molar-refractivity contribution in [3.05, 3.63) is 65.1 Å². The van der Waals surface area contributed by atoms with Gasteiger partial charge in [-0.25, -0.2) is 4.68 Å². The molecule has 0 aliphatic heterocycles. The van der Waals surface area contributed by atoms with Gasteiger partial charge in [0.15, 0.2) is 0 Å². The fraction of sp³-hybridized carbons (Fsp3) is 0. The highest BCUT2D eigenvalue weighted by molar-refractivity contribution is 7.13. The highest BCUT2D eigenvalue weighted by atomic mass is 32.1. The number of carbonyl (C=O) groups excluding carboxylic acids is 1. The van der Waals surface area contributed by atoms with Crippen LogP contribution in [0.5, 0.6) is 0 Å². The summed E-state index contributed by atoms with van der Waals surface area (Å²) in [7, 11) is 0. The van der Waals surface area contributed by atoms with Crippen LogP contribution < -0.4 is 5.32 Å². The molecule has 4 rings (SSSR count). The molecule has 0 fully saturated rings. The normalized spacial score (nSPS) is 10.7. The number of thiophene rings is 1. The molecule has 3 aromatic heterocycles. The van der Waals surface area contributed by atoms with Crippen molar-refractivity contribution in [2.75, 3.05) is 5.32 Å². The van der Waals surface area contributed by atoms with Gasteiger partial charge < -0.3 is 0 Å². The van der Waals surface area contributed by atoms with Crippen LogP contribution in [0.2, 0.25) is 0 Å². The second kappa shape index (κ2) is 6.34. The summed E-state index contributed by atoms with van der Waals surface area (Å²) in [5.74, 6) is -0.272. The zero-order chi connectivity index (χ0) is 16.4. The van der Waals surface area contributed by atoms with E-state index in [1.165, 1.54) is 11.3 Å². The Morgan fingerprint density at radius 1 is 1.08 bits per heavy atom. The number of carbonyl (C=O) groups is 1. The maximum atomic E-state index is 12.7. The fourth-order valence-corrected chi connectivity index (χ4v) is 3.36. The van der Waals surface area contributed by atoms with Crippen molar-refractivity contribution in [1.29, 1.82) is 0 Å². The van der Waals surface area contributed by atoms with Gasteiger partial charge in [0.25, 0.3) is 5.91 Å². The van der Waals surface area contributed by atoms with Crippen LogP contribution in [0.25, 0.3) is 16.3 Å². The molecule has 6 nitrogen and oxygen atoms in total. The molecule has 1 amide bonds. The number of hydrogen-bond acceptors (Lipinski definition) is 6. The van der Waals surface area contributed by atoms with Gasteiger partial charge in [-0.2, -0.15) is 5.10 Å². The first-order chi connectivity index (χ1) is 11.8. The van der Waals surface area contributed by atoms with Gasteiger partial charge >= 0.3 is 0 Å². The smallest absolute Gasteiger partial charge is 0.276 e. The lowest BCUT2D eigenvalue weighted by Crippen LogP contribution is -2.16. The monoisotopic (exact) mass is 353 g/mol. The molecule has 1 aromatic carbocycles. The first kappa shape index (κ1) is 14.7. The Labute approximate surface area is 145 Å². The number of nitrogens with zero attached hydrogens (tertiary/aromatic N) is 4. The Morgan fingerprint density at radius 3 is 2.67 bits per heavy atom. The third-order valence-corrected chi connectivity index (χ3v) is 4.80. The van der Waals surface area contributed by atoms with E-state index in [1.807, 2.05) is 47.8 Å². The molecule has 0 spiro atoms. The largest absolute Gasteiger partial charge is 0.295 e. The number of amides is 1. The van der Waals surface area contributed by atoms with Crippen LogP contribution >= 0.6 is 22.7 Å². The van der Waals surface area contributed by atoms with Crippen molar-refractivity contribution in [2.45, 2.75) is 0 Å². The summed E-state index contributed by atoms with van der Waals surface area (Å²) < 4.78 is 1.64. The van der Waals surface area contributed by atoms with Gasteiger partial charge in [0.1, 0.15) is 16.9 Å². The minimum Gasteiger partial charge on any atom is -0.295 e. The van der Waals surface area contributed by atoms with Crippen molar-refractivity contribution in [2.24, 2.45) is 0 Å². The van der Waals surface area contributed by atoms with E-state index in [4.69, 9.17) is 0 Å². The molecule has 0 saturated carbocycles. The zero-order valence-electron chi connectivity index (χ0n) is 12.3. The molecule has 4 aromatic rings. The van der Waals surface area contributed by atoms with E-state index in [9.17, 15) is 4.79 Å². The number of hydrogen-bond donors (Lipinski definition) is 1. The molecule has 0 unspecified atom stereocenters. The summed E-state index contributed by atoms with van der Waals surface area (Å²) in [6.45, 7) is 0. The van der Waals surface area contributed by atoms with Crippen molar-refractivity contribution in [3.8, 4) is 16.3 Å². The van der Waals surface area contributed by atoms with E-state index < -0.39 is 0 Å². The number of anilines is 1. The Bertz CT molecular complexity index is 946. The molecule has 1 N–H and O–H groups in total. The topological polar surface area (TPSA) is 72.7 Å². The molecular formula is C16H11N5OS2. The van der Waals surface area contributed by atoms with Crippen molar-refractivity contribution < 1.29 is 4.79 Å². The first-order valence-electron chi connectivity index (χ1n) is 7.08. The highest BCUT2D eigenvalue weighted by Crippen LogP contribution is 2.26. The van der Waals surface area contributed by atoms with E-state index in [0.29, 0.717) is 10.8 Å². The Hall–Kier alpha value is -2.84. The standard InChI is InChI=1S/C16H11N5OS2/c22-15(18-16-19-17-10-24-16)13-9-12(14-7-4-8-23-14)20-21(13)11-5-2-1-3-6-11/h1-10H,(H,18,19,22). The number of benzene rings is 1. The lowest BCUT2D eigenvalue weighted by molar-refractivity contribution is 0.101. The van der Waals surface area contributed by atoms with Gasteiger partial charge in [-0.3, -0.25) is 10.1 Å². The van der Waals surface area contributed by atoms with E-state index in [2.05, 4.69) is 20.6 Å². The van der Waals surface area contributed by atoms with Crippen molar-refractivity contribution >= 4 is 33.7 Å². The second-order valence-electron chi connectivity index (χ2n) is 4.84. The maximum absolute atomic E-state index is 12.7. The summed E-state index contributed by atoms with van der Waals surface area (Å²) in [5.41, 5.74) is 3.60. The van der Waals surface area contributed by atoms with E-state index >= 15 is 0 Å². The average Bonchev–Trinajstić information content (AvgIpc) is 3.36. The number of rotatable bonds is 4. The van der Waals surface area contributed by atoms with Gasteiger partial charge in [0, 0.05) is 0 Å². The molecule has 24 heavy (non-hydrogen) atoms. The summed E-state index contributed by atoms with van der Waals surface area (Å²) in [4.78, 5) is 13.7. The zero-order valence-corrected chi connectivity index (χ0v) is 13.9. The van der Waals surface area contributed by atoms with Gasteiger partial charge in [0.2, 0.25) is 5.13 Å². The average molecular weight is 353 g/mol. The highest BCUT2D eigenvalue weighted by Gasteiger charge is 2.19. The molecular weight excluding hydrogens is 342 g/mol. The lowest BCUT2D eigenvalue weighted by Gasteiger charge is -2.06. The van der Waals surface area contributed by atoms with E-state index in [0.717, 1.165) is 16.3 Å². The van der Waals surface area contributed by atoms with E-state index in [1.54, 1.807) is 27.6 Å². The van der Waals surface area contributed by atoms with Crippen molar-refractivity contribution in [3.63, 3.8) is 0 Å². The number of nitrogens with one attached hydrogen (secondary N) is 1. The molecule has 118 valence electrons. The van der Waals surface area contributed by atoms with Crippen molar-refractivity contribution in [1.82, 2.24) is 20.0 Å². The minimum absolute atomic E-state index is 0.272. The summed E-state index contributed by atoms with van der Waals surface area (Å²) in [6, 6.07) is 15.3. The van der Waals surface area contributed by atoms with Crippen LogP contribution in [-0.2, 0) is 0 Å². The molecule has 0 saturated heterocycles. The molecule has 3 heterocycles. The molecule has 0 atom stereocenters. The molecule has 0 bridgehead atoms. The minimum atomic E-state index is -0.272. The van der Waals surface area contributed by atoms with Gasteiger partial charge in [-0.1, -0.05) is 35.6 Å². The van der Waals surface area contributed by atoms with Crippen LogP contribution in [0.15, 0.2) is 59.4 Å². The molecule has 0 aliphatic rings. The molecule has 0 radical (unpaired) electrons. The quantitative estimate of drug-likeness (QED) is 0.607. The molecule has 0 aliphatic carbocycles. The van der Waals surface area contributed by atoms with Crippen LogP contribution in [-0.4, -0.2) is 25.9 Å². The maximum Gasteiger partial charge on any atom is 0.276 e. The van der Waals surface area contributed by atoms with Crippen LogP contribution in [0.3, 0.4) is 0 Å². The third-order valence-electron chi connectivity index (χ3n) is 3.30. The lowest BCUT2D eigenvalue weighted by atomic mass is 10.3. The summed E-state index contributed by atoms with van der Waals surface area (Å²) >= 11 is 2.85. The SMILES string of the molecule is O=C(Nc1nncs1)c1cc(-c2cccs2)nn1-c1ccccc1. The predicted molar refractivity (Wildman–Crippen MR) is 94.7 cm³/mol. The Morgan fingerprint density at radius 2 is 1.96 bits per heavy atom. The molecule has 8 heteroatoms. The first-order valence-corrected chi connectivity index (χ1v) is 8.84. The predicted octanol–water partition coefficient (Wildman–Crippen LogP) is 3.70. The summed E-state index contributed by atoms with van der Waals surface area (Å²) in [5, 5.41) is 17.4. The Balaban J connectivity index is 1.77. The number of para-hydroxylation sites is 1. The van der Waals surface area contributed by atoms with Crippen LogP contribution in [0.1, 0.15) is 10.5 Å². The van der Waals surface area contributed by atoms with Crippen LogP contribution in [0, 0.1) is 0 Å². The van der Waals surface area contributed by atoms with E-state index in [-0.39, 0.29) is 5.91 Å². The third kappa shape index (κ3) is 2.84.